The Morgan fingerprint density at radius 2 is 1.83 bits per heavy atom. The maximum atomic E-state index is 13.1. The molecule has 0 heterocycles. The van der Waals surface area contributed by atoms with E-state index in [4.69, 9.17) is 0 Å². The molecule has 1 aromatic rings. The minimum Gasteiger partial charge on any atom is -0.310 e. The Morgan fingerprint density at radius 3 is 2.28 bits per heavy atom. The van der Waals surface area contributed by atoms with E-state index in [-0.39, 0.29) is 6.04 Å². The summed E-state index contributed by atoms with van der Waals surface area (Å²) in [6.45, 7) is 5.10. The third-order valence-corrected chi connectivity index (χ3v) is 4.33. The Bertz CT molecular complexity index is 387. The number of benzene rings is 1. The largest absolute Gasteiger partial charge is 0.310 e. The number of rotatable bonds is 5. The minimum atomic E-state index is -0.507. The van der Waals surface area contributed by atoms with Crippen LogP contribution in [0.4, 0.5) is 8.78 Å². The topological polar surface area (TPSA) is 12.0 Å². The average Bonchev–Trinajstić information content (AvgIpc) is 2.26. The van der Waals surface area contributed by atoms with Gasteiger partial charge in [0.15, 0.2) is 0 Å². The van der Waals surface area contributed by atoms with Gasteiger partial charge in [0.05, 0.1) is 0 Å². The van der Waals surface area contributed by atoms with Gasteiger partial charge in [-0.1, -0.05) is 13.3 Å². The molecule has 1 aliphatic carbocycles. The van der Waals surface area contributed by atoms with Gasteiger partial charge in [0.2, 0.25) is 0 Å². The molecule has 1 nitrogen and oxygen atoms in total. The molecule has 0 bridgehead atoms. The van der Waals surface area contributed by atoms with E-state index in [1.54, 1.807) is 0 Å². The van der Waals surface area contributed by atoms with Crippen LogP contribution in [0, 0.1) is 17.0 Å². The van der Waals surface area contributed by atoms with Gasteiger partial charge in [-0.15, -0.1) is 0 Å². The van der Waals surface area contributed by atoms with Gasteiger partial charge >= 0.3 is 0 Å². The van der Waals surface area contributed by atoms with Crippen LogP contribution in [0.15, 0.2) is 18.2 Å². The van der Waals surface area contributed by atoms with Crippen LogP contribution in [0.3, 0.4) is 0 Å². The van der Waals surface area contributed by atoms with Crippen molar-refractivity contribution in [2.45, 2.75) is 45.6 Å². The van der Waals surface area contributed by atoms with Crippen LogP contribution >= 0.6 is 0 Å². The summed E-state index contributed by atoms with van der Waals surface area (Å²) in [4.78, 5) is 0. The first-order chi connectivity index (χ1) is 8.54. The number of hydrogen-bond acceptors (Lipinski definition) is 1. The molecule has 1 aliphatic rings. The number of halogens is 2. The van der Waals surface area contributed by atoms with Gasteiger partial charge in [-0.3, -0.25) is 0 Å². The van der Waals surface area contributed by atoms with Crippen LogP contribution in [0.25, 0.3) is 0 Å². The van der Waals surface area contributed by atoms with E-state index in [2.05, 4.69) is 12.2 Å². The summed E-state index contributed by atoms with van der Waals surface area (Å²) < 4.78 is 26.3. The van der Waals surface area contributed by atoms with Crippen LogP contribution in [-0.2, 0) is 0 Å². The molecule has 1 N–H and O–H groups in total. The van der Waals surface area contributed by atoms with Gasteiger partial charge in [0.25, 0.3) is 0 Å². The first kappa shape index (κ1) is 13.5. The molecule has 0 saturated heterocycles. The fourth-order valence-corrected chi connectivity index (χ4v) is 2.64. The van der Waals surface area contributed by atoms with E-state index in [1.165, 1.54) is 37.8 Å². The van der Waals surface area contributed by atoms with Crippen LogP contribution < -0.4 is 5.32 Å². The van der Waals surface area contributed by atoms with Crippen LogP contribution in [0.1, 0.15) is 51.1 Å². The molecule has 18 heavy (non-hydrogen) atoms. The van der Waals surface area contributed by atoms with Crippen molar-refractivity contribution in [1.29, 1.82) is 0 Å². The molecule has 1 saturated carbocycles. The van der Waals surface area contributed by atoms with E-state index in [0.29, 0.717) is 11.0 Å². The lowest BCUT2D eigenvalue weighted by Gasteiger charge is -2.42. The fraction of sp³-hybridized carbons (Fsp3) is 0.600. The molecular formula is C15H21F2N. The van der Waals surface area contributed by atoms with Crippen molar-refractivity contribution < 1.29 is 8.78 Å². The highest BCUT2D eigenvalue weighted by molar-refractivity contribution is 5.21. The molecule has 1 unspecified atom stereocenters. The van der Waals surface area contributed by atoms with Crippen LogP contribution in [0.5, 0.6) is 0 Å². The average molecular weight is 253 g/mol. The predicted octanol–water partition coefficient (Wildman–Crippen LogP) is 4.20. The zero-order valence-electron chi connectivity index (χ0n) is 11.1. The number of nitrogens with one attached hydrogen (secondary N) is 1. The molecule has 1 aromatic carbocycles. The summed E-state index contributed by atoms with van der Waals surface area (Å²) >= 11 is 0. The van der Waals surface area contributed by atoms with E-state index >= 15 is 0 Å². The first-order valence-corrected chi connectivity index (χ1v) is 6.74. The fourth-order valence-electron chi connectivity index (χ4n) is 2.64. The Balaban J connectivity index is 1.96. The maximum absolute atomic E-state index is 13.1. The molecule has 3 heteroatoms. The summed E-state index contributed by atoms with van der Waals surface area (Å²) in [5.41, 5.74) is 1.10. The second-order valence-corrected chi connectivity index (χ2v) is 5.51. The van der Waals surface area contributed by atoms with Crippen molar-refractivity contribution >= 4 is 0 Å². The van der Waals surface area contributed by atoms with Crippen molar-refractivity contribution in [2.24, 2.45) is 5.41 Å². The highest BCUT2D eigenvalue weighted by atomic mass is 19.1. The highest BCUT2D eigenvalue weighted by Crippen LogP contribution is 2.43. The molecule has 0 aromatic heterocycles. The Hall–Kier alpha value is -0.960. The molecule has 1 fully saturated rings. The quantitative estimate of drug-likeness (QED) is 0.829. The van der Waals surface area contributed by atoms with Gasteiger partial charge in [-0.2, -0.15) is 0 Å². The second kappa shape index (κ2) is 5.35. The predicted molar refractivity (Wildman–Crippen MR) is 69.4 cm³/mol. The third kappa shape index (κ3) is 2.89. The lowest BCUT2D eigenvalue weighted by atomic mass is 9.67. The lowest BCUT2D eigenvalue weighted by Crippen LogP contribution is -2.40. The SMILES string of the molecule is CCC1(CNC(C)c2cc(F)cc(F)c2)CCC1. The van der Waals surface area contributed by atoms with E-state index < -0.39 is 11.6 Å². The normalized spacial score (nSPS) is 19.3. The van der Waals surface area contributed by atoms with Crippen molar-refractivity contribution in [2.75, 3.05) is 6.54 Å². The standard InChI is InChI=1S/C15H21F2N/c1-3-15(5-4-6-15)10-18-11(2)12-7-13(16)9-14(17)8-12/h7-9,11,18H,3-6,10H2,1-2H3. The van der Waals surface area contributed by atoms with Crippen molar-refractivity contribution in [3.63, 3.8) is 0 Å². The van der Waals surface area contributed by atoms with Crippen molar-refractivity contribution in [3.8, 4) is 0 Å². The van der Waals surface area contributed by atoms with Gasteiger partial charge < -0.3 is 5.32 Å². The zero-order valence-corrected chi connectivity index (χ0v) is 11.1. The molecule has 0 spiro atoms. The monoisotopic (exact) mass is 253 g/mol. The molecule has 100 valence electrons. The molecule has 0 radical (unpaired) electrons. The van der Waals surface area contributed by atoms with Gasteiger partial charge in [-0.05, 0) is 49.3 Å². The summed E-state index contributed by atoms with van der Waals surface area (Å²) in [5.74, 6) is -1.01. The van der Waals surface area contributed by atoms with Gasteiger partial charge in [0, 0.05) is 18.7 Å². The zero-order chi connectivity index (χ0) is 13.2. The summed E-state index contributed by atoms with van der Waals surface area (Å²) in [6.07, 6.45) is 5.00. The molecule has 2 rings (SSSR count). The second-order valence-electron chi connectivity index (χ2n) is 5.51. The highest BCUT2D eigenvalue weighted by Gasteiger charge is 2.34. The van der Waals surface area contributed by atoms with E-state index in [1.807, 2.05) is 6.92 Å². The lowest BCUT2D eigenvalue weighted by molar-refractivity contribution is 0.120. The first-order valence-electron chi connectivity index (χ1n) is 6.74. The summed E-state index contributed by atoms with van der Waals surface area (Å²) in [5, 5.41) is 3.41. The maximum Gasteiger partial charge on any atom is 0.126 e. The molecule has 0 amide bonds. The van der Waals surface area contributed by atoms with Gasteiger partial charge in [0.1, 0.15) is 11.6 Å². The number of hydrogen-bond donors (Lipinski definition) is 1. The van der Waals surface area contributed by atoms with Crippen LogP contribution in [-0.4, -0.2) is 6.54 Å². The Morgan fingerprint density at radius 1 is 1.22 bits per heavy atom. The van der Waals surface area contributed by atoms with E-state index in [9.17, 15) is 8.78 Å². The van der Waals surface area contributed by atoms with Crippen molar-refractivity contribution in [1.82, 2.24) is 5.32 Å². The van der Waals surface area contributed by atoms with Gasteiger partial charge in [-0.25, -0.2) is 8.78 Å². The van der Waals surface area contributed by atoms with Crippen molar-refractivity contribution in [3.05, 3.63) is 35.4 Å². The third-order valence-electron chi connectivity index (χ3n) is 4.33. The van der Waals surface area contributed by atoms with E-state index in [0.717, 1.165) is 12.6 Å². The molecular weight excluding hydrogens is 232 g/mol. The Labute approximate surface area is 108 Å². The van der Waals surface area contributed by atoms with Crippen LogP contribution in [0.2, 0.25) is 0 Å². The summed E-state index contributed by atoms with van der Waals surface area (Å²) in [7, 11) is 0. The minimum absolute atomic E-state index is 0.0146. The molecule has 0 aliphatic heterocycles. The smallest absolute Gasteiger partial charge is 0.126 e. The summed E-state index contributed by atoms with van der Waals surface area (Å²) in [6, 6.07) is 3.70. The Kier molecular flexibility index (Phi) is 4.00. The molecule has 1 atom stereocenters.